The Labute approximate surface area is 221 Å². The molecule has 0 atom stereocenters. The Balaban J connectivity index is 1.67. The number of hydrogen-bond acceptors (Lipinski definition) is 8. The molecule has 0 radical (unpaired) electrons. The summed E-state index contributed by atoms with van der Waals surface area (Å²) in [5.41, 5.74) is 1.90. The minimum absolute atomic E-state index is 0.134. The van der Waals surface area contributed by atoms with Gasteiger partial charge in [0.2, 0.25) is 11.8 Å². The highest BCUT2D eigenvalue weighted by Crippen LogP contribution is 2.35. The molecule has 204 valence electrons. The fraction of sp³-hybridized carbons (Fsp3) is 0.423. The lowest BCUT2D eigenvalue weighted by atomic mass is 9.88. The molecule has 1 saturated heterocycles. The number of pyridine rings is 1. The number of amides is 1. The second kappa shape index (κ2) is 10.8. The molecule has 4 rings (SSSR count). The summed E-state index contributed by atoms with van der Waals surface area (Å²) in [6.45, 7) is 6.51. The van der Waals surface area contributed by atoms with E-state index in [1.165, 1.54) is 43.3 Å². The number of ether oxygens (including phenoxy) is 3. The summed E-state index contributed by atoms with van der Waals surface area (Å²) in [5.74, 6) is -1.06. The number of hydrogen-bond donors (Lipinski definition) is 1. The molecule has 3 aromatic rings. The number of benzene rings is 1. The predicted molar refractivity (Wildman–Crippen MR) is 137 cm³/mol. The minimum Gasteiger partial charge on any atom is -0.481 e. The van der Waals surface area contributed by atoms with E-state index >= 15 is 0 Å². The van der Waals surface area contributed by atoms with E-state index in [9.17, 15) is 17.6 Å². The molecule has 0 spiro atoms. The molecular formula is C26H31FN4O6S. The van der Waals surface area contributed by atoms with Crippen LogP contribution in [0.5, 0.6) is 5.88 Å². The molecule has 0 unspecified atom stereocenters. The number of rotatable bonds is 10. The Morgan fingerprint density at radius 2 is 1.97 bits per heavy atom. The van der Waals surface area contributed by atoms with Crippen molar-refractivity contribution in [1.82, 2.24) is 19.5 Å². The van der Waals surface area contributed by atoms with Gasteiger partial charge in [-0.05, 0) is 53.3 Å². The van der Waals surface area contributed by atoms with Crippen molar-refractivity contribution in [3.05, 3.63) is 59.2 Å². The SMILES string of the molecule is CCn1nc(S(=O)(=O)NC(=O)Cc2c(-c3ccnc(OC)c3)cc(F)cc2C(C)C)cc1C1(OC)COC1. The van der Waals surface area contributed by atoms with Gasteiger partial charge in [-0.15, -0.1) is 0 Å². The van der Waals surface area contributed by atoms with Gasteiger partial charge in [0.15, 0.2) is 10.6 Å². The molecule has 1 aromatic carbocycles. The molecule has 3 heterocycles. The minimum atomic E-state index is -4.31. The van der Waals surface area contributed by atoms with Gasteiger partial charge in [0.1, 0.15) is 5.82 Å². The molecule has 1 aliphatic rings. The quantitative estimate of drug-likeness (QED) is 0.412. The number of halogens is 1. The predicted octanol–water partition coefficient (Wildman–Crippen LogP) is 3.16. The first-order chi connectivity index (χ1) is 18.0. The van der Waals surface area contributed by atoms with Crippen molar-refractivity contribution in [2.45, 2.75) is 50.3 Å². The van der Waals surface area contributed by atoms with Gasteiger partial charge in [0.05, 0.1) is 32.4 Å². The number of aryl methyl sites for hydroxylation is 1. The van der Waals surface area contributed by atoms with Crippen molar-refractivity contribution in [2.24, 2.45) is 0 Å². The van der Waals surface area contributed by atoms with Crippen LogP contribution < -0.4 is 9.46 Å². The summed E-state index contributed by atoms with van der Waals surface area (Å²) in [4.78, 5) is 17.2. The zero-order valence-corrected chi connectivity index (χ0v) is 22.8. The number of methoxy groups -OCH3 is 2. The van der Waals surface area contributed by atoms with Crippen molar-refractivity contribution in [1.29, 1.82) is 0 Å². The summed E-state index contributed by atoms with van der Waals surface area (Å²) in [6.07, 6.45) is 1.22. The first-order valence-electron chi connectivity index (χ1n) is 12.1. The van der Waals surface area contributed by atoms with Gasteiger partial charge in [-0.1, -0.05) is 13.8 Å². The number of carbonyl (C=O) groups excluding carboxylic acids is 1. The maximum absolute atomic E-state index is 14.6. The van der Waals surface area contributed by atoms with E-state index in [1.54, 1.807) is 12.1 Å². The van der Waals surface area contributed by atoms with Crippen LogP contribution in [0.4, 0.5) is 4.39 Å². The van der Waals surface area contributed by atoms with Crippen LogP contribution in [0.1, 0.15) is 43.5 Å². The van der Waals surface area contributed by atoms with Crippen LogP contribution in [0.2, 0.25) is 0 Å². The molecule has 1 fully saturated rings. The fourth-order valence-corrected chi connectivity index (χ4v) is 5.45. The molecule has 0 saturated carbocycles. The van der Waals surface area contributed by atoms with Gasteiger partial charge in [-0.25, -0.2) is 14.1 Å². The maximum atomic E-state index is 14.6. The molecule has 0 bridgehead atoms. The van der Waals surface area contributed by atoms with Crippen LogP contribution in [-0.4, -0.2) is 56.5 Å². The molecule has 1 N–H and O–H groups in total. The van der Waals surface area contributed by atoms with Crippen molar-refractivity contribution >= 4 is 15.9 Å². The molecule has 2 aromatic heterocycles. The number of carbonyl (C=O) groups is 1. The molecule has 38 heavy (non-hydrogen) atoms. The average Bonchev–Trinajstić information content (AvgIpc) is 3.30. The van der Waals surface area contributed by atoms with E-state index in [0.29, 0.717) is 40.4 Å². The summed E-state index contributed by atoms with van der Waals surface area (Å²) in [7, 11) is -1.31. The van der Waals surface area contributed by atoms with Crippen LogP contribution >= 0.6 is 0 Å². The lowest BCUT2D eigenvalue weighted by molar-refractivity contribution is -0.206. The third-order valence-electron chi connectivity index (χ3n) is 6.57. The van der Waals surface area contributed by atoms with Crippen molar-refractivity contribution in [3.63, 3.8) is 0 Å². The molecule has 0 aliphatic carbocycles. The highest BCUT2D eigenvalue weighted by Gasteiger charge is 2.44. The standard InChI is InChI=1S/C26H31FN4O6S/c1-6-31-22(26(36-5)14-37-15-26)13-25(29-31)38(33,34)30-23(32)12-21-19(16(2)3)10-18(27)11-20(21)17-7-8-28-24(9-17)35-4/h7-11,13,16H,6,12,14-15H2,1-5H3,(H,30,32). The lowest BCUT2D eigenvalue weighted by Crippen LogP contribution is -2.49. The van der Waals surface area contributed by atoms with Gasteiger partial charge < -0.3 is 14.2 Å². The molecule has 10 nitrogen and oxygen atoms in total. The second-order valence-corrected chi connectivity index (χ2v) is 11.0. The van der Waals surface area contributed by atoms with Gasteiger partial charge in [0, 0.05) is 32.0 Å². The Morgan fingerprint density at radius 3 is 2.55 bits per heavy atom. The van der Waals surface area contributed by atoms with Crippen molar-refractivity contribution in [2.75, 3.05) is 27.4 Å². The summed E-state index contributed by atoms with van der Waals surface area (Å²) in [6, 6.07) is 7.39. The van der Waals surface area contributed by atoms with E-state index in [0.717, 1.165) is 0 Å². The number of aromatic nitrogens is 3. The second-order valence-electron chi connectivity index (χ2n) is 9.34. The Bertz CT molecular complexity index is 1440. The smallest absolute Gasteiger partial charge is 0.283 e. The van der Waals surface area contributed by atoms with Crippen molar-refractivity contribution < 1.29 is 31.8 Å². The summed E-state index contributed by atoms with van der Waals surface area (Å²) >= 11 is 0. The van der Waals surface area contributed by atoms with E-state index < -0.39 is 27.3 Å². The van der Waals surface area contributed by atoms with Crippen LogP contribution in [0.3, 0.4) is 0 Å². The first kappa shape index (κ1) is 27.7. The zero-order chi connectivity index (χ0) is 27.7. The monoisotopic (exact) mass is 546 g/mol. The molecular weight excluding hydrogens is 515 g/mol. The highest BCUT2D eigenvalue weighted by atomic mass is 32.2. The first-order valence-corrected chi connectivity index (χ1v) is 13.6. The Kier molecular flexibility index (Phi) is 7.86. The van der Waals surface area contributed by atoms with Crippen molar-refractivity contribution in [3.8, 4) is 17.0 Å². The van der Waals surface area contributed by atoms with Crippen LogP contribution in [-0.2, 0) is 42.9 Å². The van der Waals surface area contributed by atoms with E-state index in [1.807, 2.05) is 20.8 Å². The van der Waals surface area contributed by atoms with Gasteiger partial charge in [0.25, 0.3) is 10.0 Å². The zero-order valence-electron chi connectivity index (χ0n) is 21.9. The molecule has 1 amide bonds. The van der Waals surface area contributed by atoms with Gasteiger partial charge in [-0.3, -0.25) is 9.48 Å². The largest absolute Gasteiger partial charge is 0.481 e. The topological polar surface area (TPSA) is 122 Å². The number of nitrogens with zero attached hydrogens (tertiary/aromatic N) is 3. The maximum Gasteiger partial charge on any atom is 0.283 e. The summed E-state index contributed by atoms with van der Waals surface area (Å²) < 4.78 is 60.7. The van der Waals surface area contributed by atoms with Gasteiger partial charge >= 0.3 is 0 Å². The van der Waals surface area contributed by atoms with Crippen LogP contribution in [0.25, 0.3) is 11.1 Å². The average molecular weight is 547 g/mol. The third-order valence-corrected chi connectivity index (χ3v) is 7.82. The number of nitrogens with one attached hydrogen (secondary N) is 1. The lowest BCUT2D eigenvalue weighted by Gasteiger charge is -2.39. The van der Waals surface area contributed by atoms with Gasteiger partial charge in [-0.2, -0.15) is 13.5 Å². The molecule has 1 aliphatic heterocycles. The fourth-order valence-electron chi connectivity index (χ4n) is 4.51. The van der Waals surface area contributed by atoms with Crippen LogP contribution in [0.15, 0.2) is 41.6 Å². The number of sulfonamides is 1. The summed E-state index contributed by atoms with van der Waals surface area (Å²) in [5, 5.41) is 3.91. The van der Waals surface area contributed by atoms with E-state index in [-0.39, 0.29) is 30.6 Å². The Hall–Kier alpha value is -3.35. The highest BCUT2D eigenvalue weighted by molar-refractivity contribution is 7.90. The van der Waals surface area contributed by atoms with Crippen LogP contribution in [0, 0.1) is 5.82 Å². The van der Waals surface area contributed by atoms with E-state index in [4.69, 9.17) is 14.2 Å². The van der Waals surface area contributed by atoms with E-state index in [2.05, 4.69) is 14.8 Å². The third kappa shape index (κ3) is 5.29. The Morgan fingerprint density at radius 1 is 1.24 bits per heavy atom. The normalized spacial score (nSPS) is 14.8. The molecule has 12 heteroatoms.